The second kappa shape index (κ2) is 8.86. The molecular formula is C22H24FN3O3. The maximum Gasteiger partial charge on any atom is 0.243 e. The first-order valence-corrected chi connectivity index (χ1v) is 9.57. The first kappa shape index (κ1) is 20.5. The second-order valence-corrected chi connectivity index (χ2v) is 7.14. The standard InChI is InChI=1S/C22H24FN3O3/c1-3-15-7-4-5-10-19(15)26-13-16(11-21(26)28)22(29)25(2)14-20(27)24-18-9-6-8-17(23)12-18/h4-10,12,16H,3,11,13-14H2,1-2H3,(H,24,27)/t16-/m1/s1. The Morgan fingerprint density at radius 3 is 2.69 bits per heavy atom. The largest absolute Gasteiger partial charge is 0.336 e. The van der Waals surface area contributed by atoms with Crippen LogP contribution in [0.2, 0.25) is 0 Å². The van der Waals surface area contributed by atoms with Gasteiger partial charge in [0.1, 0.15) is 5.82 Å². The lowest BCUT2D eigenvalue weighted by Gasteiger charge is -2.22. The molecule has 0 unspecified atom stereocenters. The minimum atomic E-state index is -0.501. The Hall–Kier alpha value is -3.22. The van der Waals surface area contributed by atoms with Gasteiger partial charge in [-0.15, -0.1) is 0 Å². The Balaban J connectivity index is 1.61. The number of para-hydroxylation sites is 1. The van der Waals surface area contributed by atoms with E-state index in [2.05, 4.69) is 5.32 Å². The highest BCUT2D eigenvalue weighted by Gasteiger charge is 2.37. The van der Waals surface area contributed by atoms with E-state index in [1.807, 2.05) is 31.2 Å². The zero-order chi connectivity index (χ0) is 21.0. The Morgan fingerprint density at radius 2 is 1.97 bits per heavy atom. The monoisotopic (exact) mass is 397 g/mol. The van der Waals surface area contributed by atoms with E-state index in [0.717, 1.165) is 17.7 Å². The quantitative estimate of drug-likeness (QED) is 0.815. The van der Waals surface area contributed by atoms with Crippen molar-refractivity contribution in [2.45, 2.75) is 19.8 Å². The van der Waals surface area contributed by atoms with Gasteiger partial charge in [0.2, 0.25) is 17.7 Å². The summed E-state index contributed by atoms with van der Waals surface area (Å²) in [5.74, 6) is -1.74. The van der Waals surface area contributed by atoms with E-state index in [0.29, 0.717) is 12.2 Å². The summed E-state index contributed by atoms with van der Waals surface area (Å²) < 4.78 is 13.2. The molecule has 2 aromatic carbocycles. The summed E-state index contributed by atoms with van der Waals surface area (Å²) in [6, 6.07) is 13.2. The van der Waals surface area contributed by atoms with Gasteiger partial charge >= 0.3 is 0 Å². The molecule has 1 heterocycles. The number of nitrogens with zero attached hydrogens (tertiary/aromatic N) is 2. The van der Waals surface area contributed by atoms with E-state index < -0.39 is 17.6 Å². The predicted molar refractivity (Wildman–Crippen MR) is 109 cm³/mol. The summed E-state index contributed by atoms with van der Waals surface area (Å²) in [4.78, 5) is 40.4. The fourth-order valence-electron chi connectivity index (χ4n) is 3.55. The molecule has 0 spiro atoms. The average molecular weight is 397 g/mol. The summed E-state index contributed by atoms with van der Waals surface area (Å²) >= 11 is 0. The van der Waals surface area contributed by atoms with Crippen LogP contribution in [-0.2, 0) is 20.8 Å². The SMILES string of the molecule is CCc1ccccc1N1C[C@H](C(=O)N(C)CC(=O)Nc2cccc(F)c2)CC1=O. The number of hydrogen-bond donors (Lipinski definition) is 1. The van der Waals surface area contributed by atoms with Crippen LogP contribution >= 0.6 is 0 Å². The molecular weight excluding hydrogens is 373 g/mol. The smallest absolute Gasteiger partial charge is 0.243 e. The third-order valence-corrected chi connectivity index (χ3v) is 5.00. The highest BCUT2D eigenvalue weighted by Crippen LogP contribution is 2.29. The van der Waals surface area contributed by atoms with Gasteiger partial charge in [0.05, 0.1) is 12.5 Å². The lowest BCUT2D eigenvalue weighted by molar-refractivity contribution is -0.137. The number of likely N-dealkylation sites (N-methyl/N-ethyl adjacent to an activating group) is 1. The number of benzene rings is 2. The molecule has 1 saturated heterocycles. The molecule has 1 aliphatic rings. The number of hydrogen-bond acceptors (Lipinski definition) is 3. The van der Waals surface area contributed by atoms with E-state index in [9.17, 15) is 18.8 Å². The molecule has 0 bridgehead atoms. The van der Waals surface area contributed by atoms with Gasteiger partial charge in [-0.3, -0.25) is 14.4 Å². The van der Waals surface area contributed by atoms with Gasteiger partial charge in [0, 0.05) is 31.4 Å². The number of nitrogens with one attached hydrogen (secondary N) is 1. The van der Waals surface area contributed by atoms with Gasteiger partial charge in [-0.25, -0.2) is 4.39 Å². The molecule has 0 saturated carbocycles. The highest BCUT2D eigenvalue weighted by atomic mass is 19.1. The molecule has 3 amide bonds. The van der Waals surface area contributed by atoms with Crippen LogP contribution in [0.3, 0.4) is 0 Å². The summed E-state index contributed by atoms with van der Waals surface area (Å²) in [5.41, 5.74) is 2.22. The predicted octanol–water partition coefficient (Wildman–Crippen LogP) is 2.84. The van der Waals surface area contributed by atoms with Gasteiger partial charge in [0.25, 0.3) is 0 Å². The lowest BCUT2D eigenvalue weighted by atomic mass is 10.1. The van der Waals surface area contributed by atoms with Crippen LogP contribution in [0.25, 0.3) is 0 Å². The van der Waals surface area contributed by atoms with E-state index in [4.69, 9.17) is 0 Å². The van der Waals surface area contributed by atoms with Gasteiger partial charge in [-0.05, 0) is 36.2 Å². The molecule has 3 rings (SSSR count). The third-order valence-electron chi connectivity index (χ3n) is 5.00. The second-order valence-electron chi connectivity index (χ2n) is 7.14. The maximum absolute atomic E-state index is 13.2. The number of anilines is 2. The number of amides is 3. The maximum atomic E-state index is 13.2. The number of halogens is 1. The van der Waals surface area contributed by atoms with Crippen LogP contribution in [0.15, 0.2) is 48.5 Å². The Morgan fingerprint density at radius 1 is 1.21 bits per heavy atom. The van der Waals surface area contributed by atoms with Crippen LogP contribution < -0.4 is 10.2 Å². The van der Waals surface area contributed by atoms with Crippen molar-refractivity contribution >= 4 is 29.1 Å². The number of carbonyl (C=O) groups is 3. The molecule has 2 aromatic rings. The minimum Gasteiger partial charge on any atom is -0.336 e. The number of carbonyl (C=O) groups excluding carboxylic acids is 3. The summed E-state index contributed by atoms with van der Waals surface area (Å²) in [6.07, 6.45) is 0.908. The fourth-order valence-corrected chi connectivity index (χ4v) is 3.55. The first-order chi connectivity index (χ1) is 13.9. The summed E-state index contributed by atoms with van der Waals surface area (Å²) in [7, 11) is 1.53. The van der Waals surface area contributed by atoms with Crippen molar-refractivity contribution in [2.24, 2.45) is 5.92 Å². The van der Waals surface area contributed by atoms with Crippen LogP contribution in [0, 0.1) is 11.7 Å². The molecule has 1 N–H and O–H groups in total. The third kappa shape index (κ3) is 4.80. The minimum absolute atomic E-state index is 0.0955. The van der Waals surface area contributed by atoms with Crippen LogP contribution in [0.1, 0.15) is 18.9 Å². The lowest BCUT2D eigenvalue weighted by Crippen LogP contribution is -2.39. The molecule has 6 nitrogen and oxygen atoms in total. The van der Waals surface area contributed by atoms with Crippen molar-refractivity contribution < 1.29 is 18.8 Å². The van der Waals surface area contributed by atoms with Crippen molar-refractivity contribution in [3.63, 3.8) is 0 Å². The van der Waals surface area contributed by atoms with Crippen LogP contribution in [0.5, 0.6) is 0 Å². The summed E-state index contributed by atoms with van der Waals surface area (Å²) in [6.45, 7) is 2.14. The van der Waals surface area contributed by atoms with Gasteiger partial charge in [-0.1, -0.05) is 31.2 Å². The Labute approximate surface area is 169 Å². The molecule has 0 radical (unpaired) electrons. The molecule has 7 heteroatoms. The van der Waals surface area contributed by atoms with Crippen molar-refractivity contribution in [2.75, 3.05) is 30.4 Å². The van der Waals surface area contributed by atoms with Crippen molar-refractivity contribution in [3.05, 3.63) is 59.9 Å². The molecule has 1 atom stereocenters. The zero-order valence-corrected chi connectivity index (χ0v) is 16.5. The fraction of sp³-hybridized carbons (Fsp3) is 0.318. The van der Waals surface area contributed by atoms with E-state index in [1.165, 1.54) is 30.1 Å². The topological polar surface area (TPSA) is 69.7 Å². The van der Waals surface area contributed by atoms with E-state index >= 15 is 0 Å². The molecule has 1 aliphatic heterocycles. The van der Waals surface area contributed by atoms with Crippen molar-refractivity contribution in [1.29, 1.82) is 0 Å². The first-order valence-electron chi connectivity index (χ1n) is 9.57. The molecule has 152 valence electrons. The molecule has 29 heavy (non-hydrogen) atoms. The normalized spacial score (nSPS) is 16.0. The van der Waals surface area contributed by atoms with E-state index in [1.54, 1.807) is 11.0 Å². The van der Waals surface area contributed by atoms with Crippen LogP contribution in [-0.4, -0.2) is 42.8 Å². The van der Waals surface area contributed by atoms with Crippen molar-refractivity contribution in [1.82, 2.24) is 4.90 Å². The molecule has 0 aliphatic carbocycles. The molecule has 1 fully saturated rings. The van der Waals surface area contributed by atoms with E-state index in [-0.39, 0.29) is 24.8 Å². The number of aryl methyl sites for hydroxylation is 1. The van der Waals surface area contributed by atoms with Gasteiger partial charge in [0.15, 0.2) is 0 Å². The highest BCUT2D eigenvalue weighted by molar-refractivity contribution is 6.01. The number of rotatable bonds is 6. The Bertz CT molecular complexity index is 931. The summed E-state index contributed by atoms with van der Waals surface area (Å²) in [5, 5.41) is 2.57. The zero-order valence-electron chi connectivity index (χ0n) is 16.5. The average Bonchev–Trinajstić information content (AvgIpc) is 3.08. The Kier molecular flexibility index (Phi) is 6.26. The van der Waals surface area contributed by atoms with Crippen molar-refractivity contribution in [3.8, 4) is 0 Å². The molecule has 0 aromatic heterocycles. The van der Waals surface area contributed by atoms with Gasteiger partial charge < -0.3 is 15.1 Å². The van der Waals surface area contributed by atoms with Gasteiger partial charge in [-0.2, -0.15) is 0 Å². The van der Waals surface area contributed by atoms with Crippen LogP contribution in [0.4, 0.5) is 15.8 Å².